The van der Waals surface area contributed by atoms with E-state index in [-0.39, 0.29) is 11.9 Å². The van der Waals surface area contributed by atoms with Crippen molar-refractivity contribution in [3.05, 3.63) is 60.1 Å². The first-order chi connectivity index (χ1) is 14.1. The molecular weight excluding hydrogens is 368 g/mol. The predicted molar refractivity (Wildman–Crippen MR) is 112 cm³/mol. The molecule has 0 aliphatic carbocycles. The van der Waals surface area contributed by atoms with Crippen LogP contribution in [0.15, 0.2) is 48.7 Å². The van der Waals surface area contributed by atoms with Crippen molar-refractivity contribution < 1.29 is 14.3 Å². The maximum atomic E-state index is 12.3. The number of unbranched alkanes of at least 4 members (excludes halogenated alkanes) is 1. The summed E-state index contributed by atoms with van der Waals surface area (Å²) >= 11 is 0. The lowest BCUT2D eigenvalue weighted by Gasteiger charge is -2.11. The van der Waals surface area contributed by atoms with Crippen LogP contribution in [-0.4, -0.2) is 34.2 Å². The number of aromatic nitrogens is 3. The van der Waals surface area contributed by atoms with Gasteiger partial charge in [0.15, 0.2) is 23.0 Å². The van der Waals surface area contributed by atoms with Gasteiger partial charge < -0.3 is 14.8 Å². The molecule has 0 fully saturated rings. The zero-order valence-corrected chi connectivity index (χ0v) is 17.0. The number of hydrogen-bond donors (Lipinski definition) is 1. The Morgan fingerprint density at radius 2 is 2.10 bits per heavy atom. The van der Waals surface area contributed by atoms with Crippen molar-refractivity contribution in [2.45, 2.75) is 32.7 Å². The number of pyridine rings is 1. The Hall–Kier alpha value is -3.35. The quantitative estimate of drug-likeness (QED) is 0.441. The predicted octanol–water partition coefficient (Wildman–Crippen LogP) is 3.81. The Bertz CT molecular complexity index is 997. The molecule has 29 heavy (non-hydrogen) atoms. The van der Waals surface area contributed by atoms with Gasteiger partial charge in [-0.05, 0) is 49.2 Å². The summed E-state index contributed by atoms with van der Waals surface area (Å²) in [6.45, 7) is 4.65. The first kappa shape index (κ1) is 20.4. The minimum atomic E-state index is -0.284. The van der Waals surface area contributed by atoms with Crippen LogP contribution < -0.4 is 14.8 Å². The molecule has 0 bridgehead atoms. The Labute approximate surface area is 170 Å². The van der Waals surface area contributed by atoms with Crippen LogP contribution in [-0.2, 0) is 4.79 Å². The Balaban J connectivity index is 1.64. The summed E-state index contributed by atoms with van der Waals surface area (Å²) < 4.78 is 13.0. The highest BCUT2D eigenvalue weighted by Gasteiger charge is 2.14. The molecule has 0 aliphatic heterocycles. The van der Waals surface area contributed by atoms with Crippen LogP contribution >= 0.6 is 0 Å². The van der Waals surface area contributed by atoms with Gasteiger partial charge in [0.2, 0.25) is 5.91 Å². The smallest absolute Gasteiger partial charge is 0.244 e. The molecule has 3 rings (SSSR count). The number of fused-ring (bicyclic) bond motifs is 1. The van der Waals surface area contributed by atoms with E-state index in [1.54, 1.807) is 13.2 Å². The standard InChI is InChI=1S/C22H26N4O3/c1-4-5-14-29-18-11-9-17(15-19(18)28-3)10-12-21(27)23-16(2)22-25-24-20-8-6-7-13-26(20)22/h6-13,15-16H,4-5,14H2,1-3H3,(H,23,27)/b12-10+. The molecule has 7 heteroatoms. The summed E-state index contributed by atoms with van der Waals surface area (Å²) in [6.07, 6.45) is 7.17. The van der Waals surface area contributed by atoms with E-state index in [0.717, 1.165) is 24.1 Å². The molecule has 3 aromatic rings. The Morgan fingerprint density at radius 3 is 2.90 bits per heavy atom. The minimum absolute atomic E-state index is 0.215. The van der Waals surface area contributed by atoms with E-state index in [4.69, 9.17) is 9.47 Å². The number of hydrogen-bond acceptors (Lipinski definition) is 5. The molecule has 152 valence electrons. The average Bonchev–Trinajstić information content (AvgIpc) is 3.17. The number of benzene rings is 1. The van der Waals surface area contributed by atoms with Crippen LogP contribution in [0.2, 0.25) is 0 Å². The lowest BCUT2D eigenvalue weighted by Crippen LogP contribution is -2.26. The summed E-state index contributed by atoms with van der Waals surface area (Å²) in [5, 5.41) is 11.2. The first-order valence-corrected chi connectivity index (χ1v) is 9.71. The van der Waals surface area contributed by atoms with Crippen LogP contribution in [0.3, 0.4) is 0 Å². The molecule has 0 saturated heterocycles. The number of carbonyl (C=O) groups excluding carboxylic acids is 1. The zero-order valence-electron chi connectivity index (χ0n) is 17.0. The van der Waals surface area contributed by atoms with E-state index in [1.807, 2.05) is 53.9 Å². The Morgan fingerprint density at radius 1 is 1.24 bits per heavy atom. The molecule has 1 unspecified atom stereocenters. The largest absolute Gasteiger partial charge is 0.493 e. The lowest BCUT2D eigenvalue weighted by molar-refractivity contribution is -0.117. The third kappa shape index (κ3) is 5.13. The number of amides is 1. The molecule has 1 aromatic carbocycles. The summed E-state index contributed by atoms with van der Waals surface area (Å²) in [6, 6.07) is 11.0. The number of carbonyl (C=O) groups is 1. The lowest BCUT2D eigenvalue weighted by atomic mass is 10.2. The molecule has 0 aliphatic rings. The van der Waals surface area contributed by atoms with Crippen LogP contribution in [0, 0.1) is 0 Å². The van der Waals surface area contributed by atoms with E-state index in [2.05, 4.69) is 22.4 Å². The minimum Gasteiger partial charge on any atom is -0.493 e. The fraction of sp³-hybridized carbons (Fsp3) is 0.318. The fourth-order valence-electron chi connectivity index (χ4n) is 2.89. The highest BCUT2D eigenvalue weighted by atomic mass is 16.5. The van der Waals surface area contributed by atoms with Crippen molar-refractivity contribution >= 4 is 17.6 Å². The van der Waals surface area contributed by atoms with Gasteiger partial charge in [-0.25, -0.2) is 0 Å². The topological polar surface area (TPSA) is 77.8 Å². The normalized spacial score (nSPS) is 12.2. The SMILES string of the molecule is CCCCOc1ccc(/C=C/C(=O)NC(C)c2nnc3ccccn23)cc1OC. The van der Waals surface area contributed by atoms with Gasteiger partial charge in [0.1, 0.15) is 0 Å². The maximum Gasteiger partial charge on any atom is 0.244 e. The molecule has 1 amide bonds. The van der Waals surface area contributed by atoms with E-state index < -0.39 is 0 Å². The van der Waals surface area contributed by atoms with E-state index in [0.29, 0.717) is 23.9 Å². The van der Waals surface area contributed by atoms with Crippen LogP contribution in [0.1, 0.15) is 44.1 Å². The molecule has 1 atom stereocenters. The van der Waals surface area contributed by atoms with Gasteiger partial charge in [0, 0.05) is 12.3 Å². The van der Waals surface area contributed by atoms with Gasteiger partial charge in [-0.15, -0.1) is 10.2 Å². The van der Waals surface area contributed by atoms with Gasteiger partial charge in [-0.2, -0.15) is 0 Å². The third-order valence-corrected chi connectivity index (χ3v) is 4.46. The number of ether oxygens (including phenoxy) is 2. The molecule has 0 radical (unpaired) electrons. The summed E-state index contributed by atoms with van der Waals surface area (Å²) in [7, 11) is 1.60. The van der Waals surface area contributed by atoms with Gasteiger partial charge in [0.05, 0.1) is 19.8 Å². The highest BCUT2D eigenvalue weighted by molar-refractivity contribution is 5.92. The van der Waals surface area contributed by atoms with Crippen LogP contribution in [0.5, 0.6) is 11.5 Å². The molecule has 7 nitrogen and oxygen atoms in total. The van der Waals surface area contributed by atoms with Crippen LogP contribution in [0.25, 0.3) is 11.7 Å². The van der Waals surface area contributed by atoms with Crippen molar-refractivity contribution in [3.8, 4) is 11.5 Å². The molecule has 2 heterocycles. The maximum absolute atomic E-state index is 12.3. The third-order valence-electron chi connectivity index (χ3n) is 4.46. The second-order valence-electron chi connectivity index (χ2n) is 6.66. The molecular formula is C22H26N4O3. The van der Waals surface area contributed by atoms with Crippen molar-refractivity contribution in [3.63, 3.8) is 0 Å². The van der Waals surface area contributed by atoms with Crippen molar-refractivity contribution in [1.29, 1.82) is 0 Å². The van der Waals surface area contributed by atoms with Gasteiger partial charge in [-0.1, -0.05) is 25.5 Å². The molecule has 0 spiro atoms. The monoisotopic (exact) mass is 394 g/mol. The number of rotatable bonds is 9. The average molecular weight is 394 g/mol. The second-order valence-corrected chi connectivity index (χ2v) is 6.66. The molecule has 1 N–H and O–H groups in total. The van der Waals surface area contributed by atoms with Crippen molar-refractivity contribution in [2.24, 2.45) is 0 Å². The van der Waals surface area contributed by atoms with Gasteiger partial charge in [0.25, 0.3) is 0 Å². The number of methoxy groups -OCH3 is 1. The summed E-state index contributed by atoms with van der Waals surface area (Å²) in [5.41, 5.74) is 1.59. The fourth-order valence-corrected chi connectivity index (χ4v) is 2.89. The number of nitrogens with one attached hydrogen (secondary N) is 1. The second kappa shape index (κ2) is 9.73. The Kier molecular flexibility index (Phi) is 6.84. The van der Waals surface area contributed by atoms with Gasteiger partial charge >= 0.3 is 0 Å². The summed E-state index contributed by atoms with van der Waals surface area (Å²) in [4.78, 5) is 12.3. The van der Waals surface area contributed by atoms with E-state index in [9.17, 15) is 4.79 Å². The molecule has 2 aromatic heterocycles. The van der Waals surface area contributed by atoms with Crippen molar-refractivity contribution in [1.82, 2.24) is 19.9 Å². The number of nitrogens with zero attached hydrogens (tertiary/aromatic N) is 3. The zero-order chi connectivity index (χ0) is 20.6. The van der Waals surface area contributed by atoms with E-state index >= 15 is 0 Å². The van der Waals surface area contributed by atoms with Gasteiger partial charge in [-0.3, -0.25) is 9.20 Å². The van der Waals surface area contributed by atoms with Crippen molar-refractivity contribution in [2.75, 3.05) is 13.7 Å². The highest BCUT2D eigenvalue weighted by Crippen LogP contribution is 2.28. The summed E-state index contributed by atoms with van der Waals surface area (Å²) in [5.74, 6) is 1.81. The first-order valence-electron chi connectivity index (χ1n) is 9.71. The van der Waals surface area contributed by atoms with Crippen LogP contribution in [0.4, 0.5) is 0 Å². The van der Waals surface area contributed by atoms with E-state index in [1.165, 1.54) is 6.08 Å². The molecule has 0 saturated carbocycles.